The van der Waals surface area contributed by atoms with E-state index in [4.69, 9.17) is 5.11 Å². The Hall–Kier alpha value is -0.220. The summed E-state index contributed by atoms with van der Waals surface area (Å²) in [6.45, 7) is 2.94. The van der Waals surface area contributed by atoms with E-state index in [-0.39, 0.29) is 11.8 Å². The Morgan fingerprint density at radius 3 is 2.83 bits per heavy atom. The summed E-state index contributed by atoms with van der Waals surface area (Å²) in [5.74, 6) is 0.486. The molecule has 0 fully saturated rings. The Labute approximate surface area is 77.9 Å². The van der Waals surface area contributed by atoms with Gasteiger partial charge in [-0.3, -0.25) is 4.79 Å². The molecule has 0 spiro atoms. The molecule has 0 heterocycles. The van der Waals surface area contributed by atoms with Crippen molar-refractivity contribution in [3.8, 4) is 0 Å². The lowest BCUT2D eigenvalue weighted by atomic mass is 10.2. The van der Waals surface area contributed by atoms with Crippen LogP contribution in [0.4, 0.5) is 4.79 Å². The van der Waals surface area contributed by atoms with Gasteiger partial charge in [0.25, 0.3) is 5.24 Å². The minimum atomic E-state index is -0.0276. The van der Waals surface area contributed by atoms with E-state index in [2.05, 4.69) is 12.2 Å². The maximum atomic E-state index is 10.9. The molecule has 4 heteroatoms. The second-order valence-corrected chi connectivity index (χ2v) is 3.56. The second kappa shape index (κ2) is 8.87. The van der Waals surface area contributed by atoms with Crippen LogP contribution in [0.15, 0.2) is 0 Å². The van der Waals surface area contributed by atoms with Gasteiger partial charge in [-0.15, -0.1) is 0 Å². The van der Waals surface area contributed by atoms with Gasteiger partial charge in [-0.05, 0) is 6.42 Å². The van der Waals surface area contributed by atoms with Crippen molar-refractivity contribution in [2.75, 3.05) is 18.9 Å². The first-order valence-corrected chi connectivity index (χ1v) is 5.31. The first-order valence-electron chi connectivity index (χ1n) is 4.32. The van der Waals surface area contributed by atoms with Gasteiger partial charge in [0, 0.05) is 12.3 Å². The average Bonchev–Trinajstić information content (AvgIpc) is 2.09. The van der Waals surface area contributed by atoms with E-state index in [0.29, 0.717) is 5.75 Å². The summed E-state index contributed by atoms with van der Waals surface area (Å²) in [7, 11) is 0. The van der Waals surface area contributed by atoms with E-state index >= 15 is 0 Å². The van der Waals surface area contributed by atoms with E-state index in [1.807, 2.05) is 0 Å². The average molecular weight is 191 g/mol. The highest BCUT2D eigenvalue weighted by Crippen LogP contribution is 2.00. The normalized spacial score (nSPS) is 9.83. The van der Waals surface area contributed by atoms with Crippen LogP contribution in [0.25, 0.3) is 0 Å². The molecule has 0 bridgehead atoms. The third kappa shape index (κ3) is 7.88. The maximum Gasteiger partial charge on any atom is 0.279 e. The van der Waals surface area contributed by atoms with Crippen LogP contribution in [0.3, 0.4) is 0 Å². The summed E-state index contributed by atoms with van der Waals surface area (Å²) in [5, 5.41) is 11.2. The van der Waals surface area contributed by atoms with Gasteiger partial charge in [0.2, 0.25) is 0 Å². The molecule has 0 saturated heterocycles. The van der Waals surface area contributed by atoms with Gasteiger partial charge in [0.05, 0.1) is 6.61 Å². The molecule has 2 N–H and O–H groups in total. The van der Waals surface area contributed by atoms with Gasteiger partial charge >= 0.3 is 0 Å². The molecule has 0 unspecified atom stereocenters. The topological polar surface area (TPSA) is 49.3 Å². The van der Waals surface area contributed by atoms with Crippen LogP contribution in [0.1, 0.15) is 26.2 Å². The van der Waals surface area contributed by atoms with E-state index < -0.39 is 0 Å². The number of hydrogen-bond acceptors (Lipinski definition) is 3. The zero-order valence-corrected chi connectivity index (χ0v) is 8.32. The van der Waals surface area contributed by atoms with Crippen molar-refractivity contribution >= 4 is 17.0 Å². The Morgan fingerprint density at radius 2 is 2.25 bits per heavy atom. The number of unbranched alkanes of at least 4 members (excludes halogenated alkanes) is 2. The van der Waals surface area contributed by atoms with Crippen molar-refractivity contribution in [2.45, 2.75) is 26.2 Å². The third-order valence-electron chi connectivity index (χ3n) is 1.37. The molecule has 0 radical (unpaired) electrons. The number of aliphatic hydroxyl groups is 1. The van der Waals surface area contributed by atoms with E-state index in [9.17, 15) is 4.79 Å². The highest BCUT2D eigenvalue weighted by molar-refractivity contribution is 8.13. The molecular formula is C8H17NO2S. The van der Waals surface area contributed by atoms with Gasteiger partial charge in [0.1, 0.15) is 0 Å². The summed E-state index contributed by atoms with van der Waals surface area (Å²) in [4.78, 5) is 10.9. The predicted molar refractivity (Wildman–Crippen MR) is 52.5 cm³/mol. The van der Waals surface area contributed by atoms with Gasteiger partial charge in [-0.2, -0.15) is 0 Å². The minimum Gasteiger partial charge on any atom is -0.396 e. The van der Waals surface area contributed by atoms with Crippen molar-refractivity contribution in [1.29, 1.82) is 0 Å². The smallest absolute Gasteiger partial charge is 0.279 e. The zero-order chi connectivity index (χ0) is 9.23. The number of aliphatic hydroxyl groups excluding tert-OH is 1. The molecule has 0 aromatic heterocycles. The number of nitrogens with one attached hydrogen (secondary N) is 1. The summed E-state index contributed by atoms with van der Waals surface area (Å²) >= 11 is 1.13. The van der Waals surface area contributed by atoms with Gasteiger partial charge in [0.15, 0.2) is 0 Å². The fraction of sp³-hybridized carbons (Fsp3) is 0.875. The molecule has 3 nitrogen and oxygen atoms in total. The molecule has 0 saturated carbocycles. The fourth-order valence-electron chi connectivity index (χ4n) is 0.755. The van der Waals surface area contributed by atoms with Crippen LogP contribution >= 0.6 is 11.8 Å². The molecular weight excluding hydrogens is 174 g/mol. The van der Waals surface area contributed by atoms with Crippen LogP contribution in [0.2, 0.25) is 0 Å². The molecule has 0 aromatic rings. The molecule has 0 aliphatic rings. The largest absolute Gasteiger partial charge is 0.396 e. The monoisotopic (exact) mass is 191 g/mol. The van der Waals surface area contributed by atoms with E-state index in [0.717, 1.165) is 31.1 Å². The minimum absolute atomic E-state index is 0.0276. The molecule has 0 atom stereocenters. The fourth-order valence-corrected chi connectivity index (χ4v) is 1.24. The van der Waals surface area contributed by atoms with Crippen LogP contribution in [0.5, 0.6) is 0 Å². The Kier molecular flexibility index (Phi) is 8.71. The number of hydrogen-bond donors (Lipinski definition) is 2. The summed E-state index contributed by atoms with van der Waals surface area (Å²) in [6.07, 6.45) is 3.37. The summed E-state index contributed by atoms with van der Waals surface area (Å²) < 4.78 is 0. The lowest BCUT2D eigenvalue weighted by Crippen LogP contribution is -2.20. The van der Waals surface area contributed by atoms with Crippen molar-refractivity contribution in [3.05, 3.63) is 0 Å². The Bertz CT molecular complexity index is 120. The van der Waals surface area contributed by atoms with Gasteiger partial charge in [-0.1, -0.05) is 31.5 Å². The molecule has 1 amide bonds. The number of rotatable bonds is 6. The molecule has 0 rings (SSSR count). The standard InChI is InChI=1S/C8H17NO2S/c1-2-3-4-5-9-8(11)12-7-6-10/h10H,2-7H2,1H3,(H,9,11). The van der Waals surface area contributed by atoms with Crippen molar-refractivity contribution in [1.82, 2.24) is 5.32 Å². The van der Waals surface area contributed by atoms with Crippen molar-refractivity contribution < 1.29 is 9.90 Å². The van der Waals surface area contributed by atoms with Crippen LogP contribution in [-0.2, 0) is 0 Å². The number of carbonyl (C=O) groups excluding carboxylic acids is 1. The number of carbonyl (C=O) groups is 1. The van der Waals surface area contributed by atoms with Crippen molar-refractivity contribution in [3.63, 3.8) is 0 Å². The highest BCUT2D eigenvalue weighted by Gasteiger charge is 1.98. The summed E-state index contributed by atoms with van der Waals surface area (Å²) in [6, 6.07) is 0. The first-order chi connectivity index (χ1) is 5.81. The Balaban J connectivity index is 3.08. The van der Waals surface area contributed by atoms with Gasteiger partial charge in [-0.25, -0.2) is 0 Å². The van der Waals surface area contributed by atoms with Gasteiger partial charge < -0.3 is 10.4 Å². The predicted octanol–water partition coefficient (Wildman–Crippen LogP) is 1.61. The van der Waals surface area contributed by atoms with E-state index in [1.165, 1.54) is 6.42 Å². The maximum absolute atomic E-state index is 10.9. The molecule has 0 aliphatic carbocycles. The van der Waals surface area contributed by atoms with Crippen LogP contribution < -0.4 is 5.32 Å². The quantitative estimate of drug-likeness (QED) is 0.627. The summed E-state index contributed by atoms with van der Waals surface area (Å²) in [5.41, 5.74) is 0. The molecule has 0 aromatic carbocycles. The molecule has 0 aliphatic heterocycles. The lowest BCUT2D eigenvalue weighted by Gasteiger charge is -2.02. The number of thioether (sulfide) groups is 1. The second-order valence-electron chi connectivity index (χ2n) is 2.49. The molecule has 12 heavy (non-hydrogen) atoms. The first kappa shape index (κ1) is 11.8. The van der Waals surface area contributed by atoms with Crippen LogP contribution in [-0.4, -0.2) is 29.3 Å². The number of amides is 1. The van der Waals surface area contributed by atoms with Crippen molar-refractivity contribution in [2.24, 2.45) is 0 Å². The van der Waals surface area contributed by atoms with Crippen LogP contribution in [0, 0.1) is 0 Å². The highest BCUT2D eigenvalue weighted by atomic mass is 32.2. The molecule has 72 valence electrons. The van der Waals surface area contributed by atoms with E-state index in [1.54, 1.807) is 0 Å². The third-order valence-corrected chi connectivity index (χ3v) is 2.17. The lowest BCUT2D eigenvalue weighted by molar-refractivity contribution is 0.260. The zero-order valence-electron chi connectivity index (χ0n) is 7.51. The SMILES string of the molecule is CCCCCNC(=O)SCCO. The Morgan fingerprint density at radius 1 is 1.50 bits per heavy atom.